The lowest BCUT2D eigenvalue weighted by Crippen LogP contribution is -2.27. The van der Waals surface area contributed by atoms with Gasteiger partial charge in [-0.25, -0.2) is 14.4 Å². The lowest BCUT2D eigenvalue weighted by molar-refractivity contribution is 0.630. The zero-order chi connectivity index (χ0) is 24.5. The zero-order valence-electron chi connectivity index (χ0n) is 19.6. The summed E-state index contributed by atoms with van der Waals surface area (Å²) in [6, 6.07) is 22.2. The molecule has 0 atom stereocenters. The molecular weight excluding hydrogens is 440 g/mol. The molecule has 8 nitrogen and oxygen atoms in total. The maximum Gasteiger partial charge on any atom is 0.281 e. The minimum absolute atomic E-state index is 0.259. The van der Waals surface area contributed by atoms with Gasteiger partial charge in [0.2, 0.25) is 0 Å². The second-order valence-corrected chi connectivity index (χ2v) is 8.20. The predicted octanol–water partition coefficient (Wildman–Crippen LogP) is 3.84. The fourth-order valence-electron chi connectivity index (χ4n) is 4.21. The number of pyridine rings is 1. The number of aromatic amines is 1. The molecule has 8 heteroatoms. The monoisotopic (exact) mass is 464 g/mol. The van der Waals surface area contributed by atoms with Crippen molar-refractivity contribution in [3.8, 4) is 11.4 Å². The first kappa shape index (κ1) is 22.1. The molecular formula is C27H24N6O2. The Morgan fingerprint density at radius 3 is 2.11 bits per heavy atom. The minimum Gasteiger partial charge on any atom is -0.295 e. The number of hydrogen-bond acceptors (Lipinski definition) is 4. The van der Waals surface area contributed by atoms with Gasteiger partial charge in [-0.05, 0) is 50.2 Å². The maximum absolute atomic E-state index is 13.8. The van der Waals surface area contributed by atoms with Crippen LogP contribution >= 0.6 is 0 Å². The molecule has 0 aliphatic rings. The minimum atomic E-state index is -0.287. The van der Waals surface area contributed by atoms with Crippen LogP contribution in [0.3, 0.4) is 0 Å². The van der Waals surface area contributed by atoms with Crippen molar-refractivity contribution in [3.05, 3.63) is 128 Å². The lowest BCUT2D eigenvalue weighted by Gasteiger charge is -2.07. The van der Waals surface area contributed by atoms with Crippen molar-refractivity contribution < 1.29 is 0 Å². The van der Waals surface area contributed by atoms with Crippen molar-refractivity contribution in [2.45, 2.75) is 13.8 Å². The van der Waals surface area contributed by atoms with E-state index < -0.39 is 0 Å². The Kier molecular flexibility index (Phi) is 5.62. The molecule has 0 bridgehead atoms. The second kappa shape index (κ2) is 8.90. The Labute approximate surface area is 201 Å². The Balaban J connectivity index is 1.81. The Bertz CT molecular complexity index is 1640. The highest BCUT2D eigenvalue weighted by Crippen LogP contribution is 2.20. The number of benzene rings is 2. The van der Waals surface area contributed by atoms with Gasteiger partial charge in [-0.2, -0.15) is 0 Å². The molecule has 0 saturated carbocycles. The summed E-state index contributed by atoms with van der Waals surface area (Å²) in [6.45, 7) is 3.66. The largest absolute Gasteiger partial charge is 0.295 e. The van der Waals surface area contributed by atoms with Gasteiger partial charge in [0.25, 0.3) is 11.1 Å². The van der Waals surface area contributed by atoms with E-state index in [0.29, 0.717) is 39.6 Å². The van der Waals surface area contributed by atoms with E-state index in [1.807, 2.05) is 81.6 Å². The summed E-state index contributed by atoms with van der Waals surface area (Å²) in [6.07, 6.45) is 3.25. The van der Waals surface area contributed by atoms with Crippen LogP contribution < -0.4 is 11.1 Å². The third-order valence-electron chi connectivity index (χ3n) is 6.00. The number of aromatic nitrogens is 5. The molecule has 0 saturated heterocycles. The van der Waals surface area contributed by atoms with Crippen molar-refractivity contribution in [2.24, 2.45) is 12.0 Å². The number of nitrogens with zero attached hydrogens (tertiary/aromatic N) is 5. The number of aliphatic imine (C=N–C) groups is 1. The molecule has 0 radical (unpaired) electrons. The first-order chi connectivity index (χ1) is 17.0. The second-order valence-electron chi connectivity index (χ2n) is 8.20. The van der Waals surface area contributed by atoms with E-state index in [0.717, 1.165) is 5.69 Å². The summed E-state index contributed by atoms with van der Waals surface area (Å²) in [5, 5.41) is 3.15. The highest BCUT2D eigenvalue weighted by atomic mass is 16.1. The molecule has 0 aliphatic carbocycles. The lowest BCUT2D eigenvalue weighted by atomic mass is 10.0. The van der Waals surface area contributed by atoms with Crippen LogP contribution in [0.2, 0.25) is 0 Å². The molecule has 2 aromatic carbocycles. The molecule has 0 amide bonds. The van der Waals surface area contributed by atoms with Gasteiger partial charge >= 0.3 is 0 Å². The quantitative estimate of drug-likeness (QED) is 0.401. The highest BCUT2D eigenvalue weighted by Gasteiger charge is 2.27. The average Bonchev–Trinajstić information content (AvgIpc) is 3.30. The molecule has 0 spiro atoms. The smallest absolute Gasteiger partial charge is 0.281 e. The van der Waals surface area contributed by atoms with Crippen LogP contribution in [0, 0.1) is 13.8 Å². The van der Waals surface area contributed by atoms with E-state index in [4.69, 9.17) is 4.99 Å². The van der Waals surface area contributed by atoms with Crippen LogP contribution in [0.4, 0.5) is 5.69 Å². The van der Waals surface area contributed by atoms with Crippen LogP contribution in [0.5, 0.6) is 0 Å². The van der Waals surface area contributed by atoms with Crippen LogP contribution in [0.15, 0.2) is 99.8 Å². The van der Waals surface area contributed by atoms with Gasteiger partial charge in [0, 0.05) is 24.6 Å². The number of aryl methyl sites for hydroxylation is 1. The maximum atomic E-state index is 13.8. The zero-order valence-corrected chi connectivity index (χ0v) is 19.6. The Morgan fingerprint density at radius 1 is 0.829 bits per heavy atom. The third-order valence-corrected chi connectivity index (χ3v) is 6.00. The topological polar surface area (TPSA) is 90.0 Å². The van der Waals surface area contributed by atoms with E-state index in [-0.39, 0.29) is 11.1 Å². The predicted molar refractivity (Wildman–Crippen MR) is 136 cm³/mol. The van der Waals surface area contributed by atoms with E-state index in [9.17, 15) is 9.59 Å². The molecule has 3 aromatic heterocycles. The number of rotatable bonds is 5. The molecule has 35 heavy (non-hydrogen) atoms. The number of para-hydroxylation sites is 2. The number of hydrogen-bond donors (Lipinski definition) is 1. The van der Waals surface area contributed by atoms with Gasteiger partial charge < -0.3 is 0 Å². The van der Waals surface area contributed by atoms with Crippen molar-refractivity contribution >= 4 is 11.4 Å². The number of nitrogens with one attached hydrogen (secondary N) is 1. The fourth-order valence-corrected chi connectivity index (χ4v) is 4.21. The van der Waals surface area contributed by atoms with Crippen molar-refractivity contribution in [1.29, 1.82) is 0 Å². The van der Waals surface area contributed by atoms with Crippen molar-refractivity contribution in [2.75, 3.05) is 0 Å². The van der Waals surface area contributed by atoms with Crippen LogP contribution in [-0.4, -0.2) is 29.8 Å². The van der Waals surface area contributed by atoms with E-state index in [1.54, 1.807) is 33.9 Å². The molecule has 0 unspecified atom stereocenters. The number of H-pyrrole nitrogens is 1. The van der Waals surface area contributed by atoms with E-state index in [2.05, 4.69) is 10.1 Å². The first-order valence-corrected chi connectivity index (χ1v) is 11.2. The third kappa shape index (κ3) is 3.85. The highest BCUT2D eigenvalue weighted by molar-refractivity contribution is 6.15. The summed E-state index contributed by atoms with van der Waals surface area (Å²) < 4.78 is 4.84. The standard InChI is InChI=1S/C27H24N6O2/c1-18-23(26(34)32(30-18)21-12-6-4-7-13-21)25(29-20-11-10-16-28-17-20)24-19(2)31(3)33(27(24)35)22-14-8-5-9-15-22/h4-17,30H,1-3H3. The van der Waals surface area contributed by atoms with Crippen LogP contribution in [0.1, 0.15) is 22.5 Å². The van der Waals surface area contributed by atoms with Crippen molar-refractivity contribution in [1.82, 2.24) is 24.1 Å². The van der Waals surface area contributed by atoms with Gasteiger partial charge in [-0.15, -0.1) is 0 Å². The Hall–Kier alpha value is -4.72. The Morgan fingerprint density at radius 2 is 1.49 bits per heavy atom. The van der Waals surface area contributed by atoms with Crippen LogP contribution in [-0.2, 0) is 7.05 Å². The van der Waals surface area contributed by atoms with Gasteiger partial charge in [0.1, 0.15) is 0 Å². The summed E-state index contributed by atoms with van der Waals surface area (Å²) >= 11 is 0. The molecule has 0 fully saturated rings. The normalized spacial score (nSPS) is 11.7. The van der Waals surface area contributed by atoms with E-state index >= 15 is 0 Å². The van der Waals surface area contributed by atoms with Gasteiger partial charge in [0.15, 0.2) is 0 Å². The molecule has 1 N–H and O–H groups in total. The summed E-state index contributed by atoms with van der Waals surface area (Å²) in [7, 11) is 1.82. The SMILES string of the molecule is Cc1[nH]n(-c2ccccc2)c(=O)c1C(=Nc1cccnc1)c1c(C)n(C)n(-c2ccccc2)c1=O. The fraction of sp³-hybridized carbons (Fsp3) is 0.111. The molecule has 5 aromatic rings. The molecule has 3 heterocycles. The summed E-state index contributed by atoms with van der Waals surface area (Å²) in [5.41, 5.74) is 3.71. The molecule has 174 valence electrons. The summed E-state index contributed by atoms with van der Waals surface area (Å²) in [4.78, 5) is 36.5. The van der Waals surface area contributed by atoms with Gasteiger partial charge in [-0.1, -0.05) is 36.4 Å². The van der Waals surface area contributed by atoms with E-state index in [1.165, 1.54) is 4.68 Å². The summed E-state index contributed by atoms with van der Waals surface area (Å²) in [5.74, 6) is 0. The first-order valence-electron chi connectivity index (χ1n) is 11.2. The molecule has 5 rings (SSSR count). The van der Waals surface area contributed by atoms with Crippen LogP contribution in [0.25, 0.3) is 11.4 Å². The van der Waals surface area contributed by atoms with Gasteiger partial charge in [0.05, 0.1) is 40.1 Å². The average molecular weight is 465 g/mol. The molecule has 0 aliphatic heterocycles. The van der Waals surface area contributed by atoms with Gasteiger partial charge in [-0.3, -0.25) is 24.4 Å². The van der Waals surface area contributed by atoms with Crippen molar-refractivity contribution in [3.63, 3.8) is 0 Å².